The zero-order chi connectivity index (χ0) is 13.5. The minimum absolute atomic E-state index is 0.320. The van der Waals surface area contributed by atoms with Crippen molar-refractivity contribution >= 4 is 11.1 Å². The molecule has 2 aromatic heterocycles. The third-order valence-electron chi connectivity index (χ3n) is 3.61. The predicted octanol–water partition coefficient (Wildman–Crippen LogP) is 2.45. The Balaban J connectivity index is 1.91. The molecule has 0 bridgehead atoms. The number of hydrogen-bond acceptors (Lipinski definition) is 5. The Hall–Kier alpha value is -2.24. The van der Waals surface area contributed by atoms with Crippen molar-refractivity contribution in [1.82, 2.24) is 9.97 Å². The van der Waals surface area contributed by atoms with Crippen molar-refractivity contribution < 1.29 is 14.3 Å². The number of pyridine rings is 1. The summed E-state index contributed by atoms with van der Waals surface area (Å²) in [5, 5.41) is 9.98. The maximum absolute atomic E-state index is 9.98. The lowest BCUT2D eigenvalue weighted by Gasteiger charge is -2.23. The lowest BCUT2D eigenvalue weighted by atomic mass is 9.95. The summed E-state index contributed by atoms with van der Waals surface area (Å²) in [5.74, 6) is 0. The number of benzene rings is 1. The van der Waals surface area contributed by atoms with Crippen LogP contribution in [0.4, 0.5) is 0 Å². The first-order valence-electron chi connectivity index (χ1n) is 6.39. The number of ether oxygens (including phenoxy) is 1. The van der Waals surface area contributed by atoms with Crippen LogP contribution in [0.3, 0.4) is 0 Å². The van der Waals surface area contributed by atoms with E-state index in [1.54, 1.807) is 12.4 Å². The van der Waals surface area contributed by atoms with Crippen LogP contribution in [-0.2, 0) is 11.3 Å². The van der Waals surface area contributed by atoms with Gasteiger partial charge in [-0.3, -0.25) is 4.98 Å². The zero-order valence-electron chi connectivity index (χ0n) is 10.6. The quantitative estimate of drug-likeness (QED) is 0.734. The molecule has 0 fully saturated rings. The monoisotopic (exact) mass is 268 g/mol. The summed E-state index contributed by atoms with van der Waals surface area (Å²) >= 11 is 0. The Bertz CT molecular complexity index is 782. The van der Waals surface area contributed by atoms with Crippen LogP contribution in [0.25, 0.3) is 22.2 Å². The summed E-state index contributed by atoms with van der Waals surface area (Å²) in [5.41, 5.74) is 5.34. The molecule has 1 unspecified atom stereocenters. The smallest absolute Gasteiger partial charge is 0.181 e. The largest absolute Gasteiger partial charge is 0.443 e. The number of aliphatic hydroxyl groups is 1. The van der Waals surface area contributed by atoms with Gasteiger partial charge in [-0.2, -0.15) is 0 Å². The lowest BCUT2D eigenvalue weighted by molar-refractivity contribution is 0.00981. The Morgan fingerprint density at radius 2 is 2.20 bits per heavy atom. The van der Waals surface area contributed by atoms with Gasteiger partial charge in [0.25, 0.3) is 0 Å². The van der Waals surface area contributed by atoms with Crippen LogP contribution in [0.1, 0.15) is 17.2 Å². The molecule has 1 aliphatic heterocycles. The number of nitrogens with zero attached hydrogens (tertiary/aromatic N) is 2. The molecule has 0 saturated heterocycles. The minimum Gasteiger partial charge on any atom is -0.443 e. The molecule has 1 aliphatic rings. The summed E-state index contributed by atoms with van der Waals surface area (Å²) in [4.78, 5) is 8.40. The number of oxazole rings is 1. The van der Waals surface area contributed by atoms with Crippen LogP contribution in [0.2, 0.25) is 0 Å². The Labute approximate surface area is 114 Å². The standard InChI is InChI=1S/C15H12N2O3/c18-14-7-19-6-12-10(4-16-5-11(12)14)9-1-2-15-13(3-9)17-8-20-15/h1-5,8,14,18H,6-7H2. The highest BCUT2D eigenvalue weighted by Gasteiger charge is 2.22. The minimum atomic E-state index is -0.609. The van der Waals surface area contributed by atoms with Crippen molar-refractivity contribution in [3.8, 4) is 11.1 Å². The molecular weight excluding hydrogens is 256 g/mol. The van der Waals surface area contributed by atoms with Gasteiger partial charge in [-0.25, -0.2) is 4.98 Å². The van der Waals surface area contributed by atoms with E-state index in [-0.39, 0.29) is 0 Å². The van der Waals surface area contributed by atoms with E-state index in [4.69, 9.17) is 9.15 Å². The molecule has 1 aromatic carbocycles. The van der Waals surface area contributed by atoms with E-state index in [1.807, 2.05) is 18.2 Å². The topological polar surface area (TPSA) is 68.4 Å². The third kappa shape index (κ3) is 1.71. The fourth-order valence-corrected chi connectivity index (χ4v) is 2.59. The van der Waals surface area contributed by atoms with Crippen molar-refractivity contribution in [2.45, 2.75) is 12.7 Å². The molecule has 0 saturated carbocycles. The number of rotatable bonds is 1. The molecule has 0 aliphatic carbocycles. The molecule has 0 spiro atoms. The Morgan fingerprint density at radius 3 is 3.15 bits per heavy atom. The van der Waals surface area contributed by atoms with Crippen molar-refractivity contribution in [3.63, 3.8) is 0 Å². The second kappa shape index (κ2) is 4.40. The highest BCUT2D eigenvalue weighted by molar-refractivity contribution is 5.81. The van der Waals surface area contributed by atoms with E-state index in [2.05, 4.69) is 9.97 Å². The van der Waals surface area contributed by atoms with Gasteiger partial charge in [0.1, 0.15) is 11.6 Å². The fraction of sp³-hybridized carbons (Fsp3) is 0.200. The first-order valence-corrected chi connectivity index (χ1v) is 6.39. The lowest BCUT2D eigenvalue weighted by Crippen LogP contribution is -2.17. The average Bonchev–Trinajstić information content (AvgIpc) is 2.94. The average molecular weight is 268 g/mol. The van der Waals surface area contributed by atoms with Gasteiger partial charge >= 0.3 is 0 Å². The molecule has 4 rings (SSSR count). The normalized spacial score (nSPS) is 18.1. The SMILES string of the molecule is OC1COCc2c(-c3ccc4ocnc4c3)cncc21. The Kier molecular flexibility index (Phi) is 2.55. The molecule has 0 amide bonds. The van der Waals surface area contributed by atoms with Gasteiger partial charge in [-0.1, -0.05) is 6.07 Å². The molecular formula is C15H12N2O3. The van der Waals surface area contributed by atoms with E-state index in [0.717, 1.165) is 33.4 Å². The molecule has 0 radical (unpaired) electrons. The van der Waals surface area contributed by atoms with Crippen molar-refractivity contribution in [2.24, 2.45) is 0 Å². The summed E-state index contributed by atoms with van der Waals surface area (Å²) < 4.78 is 10.7. The van der Waals surface area contributed by atoms with Gasteiger partial charge in [0.2, 0.25) is 0 Å². The van der Waals surface area contributed by atoms with E-state index >= 15 is 0 Å². The maximum Gasteiger partial charge on any atom is 0.181 e. The highest BCUT2D eigenvalue weighted by atomic mass is 16.5. The second-order valence-corrected chi connectivity index (χ2v) is 4.82. The summed E-state index contributed by atoms with van der Waals surface area (Å²) in [6.45, 7) is 0.807. The van der Waals surface area contributed by atoms with Crippen molar-refractivity contribution in [3.05, 3.63) is 48.1 Å². The molecule has 1 atom stereocenters. The molecule has 1 N–H and O–H groups in total. The summed E-state index contributed by atoms with van der Waals surface area (Å²) in [6, 6.07) is 5.81. The van der Waals surface area contributed by atoms with Gasteiger partial charge in [0.05, 0.1) is 13.2 Å². The molecule has 5 nitrogen and oxygen atoms in total. The fourth-order valence-electron chi connectivity index (χ4n) is 2.59. The van der Waals surface area contributed by atoms with Gasteiger partial charge in [0.15, 0.2) is 12.0 Å². The molecule has 5 heteroatoms. The predicted molar refractivity (Wildman–Crippen MR) is 71.9 cm³/mol. The number of fused-ring (bicyclic) bond motifs is 2. The van der Waals surface area contributed by atoms with E-state index in [0.29, 0.717) is 13.2 Å². The first-order chi connectivity index (χ1) is 9.83. The van der Waals surface area contributed by atoms with Gasteiger partial charge in [-0.15, -0.1) is 0 Å². The van der Waals surface area contributed by atoms with E-state index < -0.39 is 6.10 Å². The van der Waals surface area contributed by atoms with Crippen LogP contribution in [0, 0.1) is 0 Å². The zero-order valence-corrected chi connectivity index (χ0v) is 10.6. The molecule has 3 aromatic rings. The number of aliphatic hydroxyl groups excluding tert-OH is 1. The molecule has 20 heavy (non-hydrogen) atoms. The third-order valence-corrected chi connectivity index (χ3v) is 3.61. The summed E-state index contributed by atoms with van der Waals surface area (Å²) in [7, 11) is 0. The van der Waals surface area contributed by atoms with Gasteiger partial charge in [-0.05, 0) is 23.3 Å². The second-order valence-electron chi connectivity index (χ2n) is 4.82. The van der Waals surface area contributed by atoms with Crippen LogP contribution >= 0.6 is 0 Å². The van der Waals surface area contributed by atoms with Gasteiger partial charge in [0, 0.05) is 23.5 Å². The number of hydrogen-bond donors (Lipinski definition) is 1. The molecule has 100 valence electrons. The van der Waals surface area contributed by atoms with Crippen LogP contribution < -0.4 is 0 Å². The van der Waals surface area contributed by atoms with Gasteiger partial charge < -0.3 is 14.3 Å². The molecule has 3 heterocycles. The van der Waals surface area contributed by atoms with E-state index in [9.17, 15) is 5.11 Å². The first kappa shape index (κ1) is 11.6. The van der Waals surface area contributed by atoms with Crippen LogP contribution in [-0.4, -0.2) is 21.7 Å². The van der Waals surface area contributed by atoms with Crippen molar-refractivity contribution in [1.29, 1.82) is 0 Å². The van der Waals surface area contributed by atoms with Crippen LogP contribution in [0.5, 0.6) is 0 Å². The highest BCUT2D eigenvalue weighted by Crippen LogP contribution is 2.33. The summed E-state index contributed by atoms with van der Waals surface area (Å²) in [6.07, 6.45) is 4.32. The Morgan fingerprint density at radius 1 is 1.25 bits per heavy atom. The van der Waals surface area contributed by atoms with Crippen molar-refractivity contribution in [2.75, 3.05) is 6.61 Å². The number of aromatic nitrogens is 2. The van der Waals surface area contributed by atoms with E-state index in [1.165, 1.54) is 6.39 Å². The van der Waals surface area contributed by atoms with Crippen LogP contribution in [0.15, 0.2) is 41.4 Å². The maximum atomic E-state index is 9.98.